The Kier molecular flexibility index (Phi) is 2.31. The van der Waals surface area contributed by atoms with Gasteiger partial charge in [-0.1, -0.05) is 6.92 Å². The molecule has 0 atom stereocenters. The molecule has 3 heteroatoms. The zero-order valence-electron chi connectivity index (χ0n) is 8.44. The van der Waals surface area contributed by atoms with Crippen LogP contribution in [0, 0.1) is 0 Å². The van der Waals surface area contributed by atoms with E-state index < -0.39 is 0 Å². The van der Waals surface area contributed by atoms with Crippen LogP contribution in [-0.4, -0.2) is 14.8 Å². The molecule has 0 saturated heterocycles. The molecule has 72 valence electrons. The molecular formula is C11H13N3. The van der Waals surface area contributed by atoms with Crippen LogP contribution in [0.5, 0.6) is 0 Å². The van der Waals surface area contributed by atoms with E-state index in [1.807, 2.05) is 31.6 Å². The lowest BCUT2D eigenvalue weighted by molar-refractivity contribution is 0.770. The van der Waals surface area contributed by atoms with Crippen molar-refractivity contribution >= 4 is 0 Å². The third-order valence-corrected chi connectivity index (χ3v) is 2.21. The third kappa shape index (κ3) is 1.66. The lowest BCUT2D eigenvalue weighted by Gasteiger charge is -1.98. The Bertz CT molecular complexity index is 432. The highest BCUT2D eigenvalue weighted by atomic mass is 15.2. The van der Waals surface area contributed by atoms with Crippen molar-refractivity contribution in [3.63, 3.8) is 0 Å². The summed E-state index contributed by atoms with van der Waals surface area (Å²) < 4.78 is 1.79. The van der Waals surface area contributed by atoms with Crippen molar-refractivity contribution < 1.29 is 0 Å². The molecule has 0 aromatic carbocycles. The smallest absolute Gasteiger partial charge is 0.111 e. The van der Waals surface area contributed by atoms with E-state index in [0.717, 1.165) is 17.8 Å². The molecule has 0 aliphatic rings. The standard InChI is InChI=1S/C11H13N3/c1-3-9-4-6-12-11(8-9)10-5-7-14(2)13-10/h4-8H,3H2,1-2H3. The average molecular weight is 187 g/mol. The molecule has 3 nitrogen and oxygen atoms in total. The van der Waals surface area contributed by atoms with Crippen LogP contribution in [0.3, 0.4) is 0 Å². The molecule has 14 heavy (non-hydrogen) atoms. The monoisotopic (exact) mass is 187 g/mol. The van der Waals surface area contributed by atoms with E-state index in [-0.39, 0.29) is 0 Å². The second-order valence-corrected chi connectivity index (χ2v) is 3.28. The maximum absolute atomic E-state index is 4.31. The number of hydrogen-bond acceptors (Lipinski definition) is 2. The minimum Gasteiger partial charge on any atom is -0.275 e. The Labute approximate surface area is 83.4 Å². The van der Waals surface area contributed by atoms with E-state index in [2.05, 4.69) is 23.1 Å². The predicted molar refractivity (Wildman–Crippen MR) is 55.8 cm³/mol. The zero-order chi connectivity index (χ0) is 9.97. The summed E-state index contributed by atoms with van der Waals surface area (Å²) in [6, 6.07) is 6.09. The van der Waals surface area contributed by atoms with Gasteiger partial charge in [-0.3, -0.25) is 9.67 Å². The number of aryl methyl sites for hydroxylation is 2. The minimum atomic E-state index is 0.933. The first-order valence-corrected chi connectivity index (χ1v) is 4.74. The molecule has 0 unspecified atom stereocenters. The highest BCUT2D eigenvalue weighted by Crippen LogP contribution is 2.15. The van der Waals surface area contributed by atoms with Crippen LogP contribution in [0.25, 0.3) is 11.4 Å². The maximum atomic E-state index is 4.31. The van der Waals surface area contributed by atoms with Crippen LogP contribution in [0.15, 0.2) is 30.6 Å². The minimum absolute atomic E-state index is 0.933. The third-order valence-electron chi connectivity index (χ3n) is 2.21. The molecule has 2 rings (SSSR count). The van der Waals surface area contributed by atoms with E-state index in [4.69, 9.17) is 0 Å². The number of aromatic nitrogens is 3. The van der Waals surface area contributed by atoms with Gasteiger partial charge in [-0.25, -0.2) is 0 Å². The number of hydrogen-bond donors (Lipinski definition) is 0. The van der Waals surface area contributed by atoms with Crippen molar-refractivity contribution in [2.75, 3.05) is 0 Å². The lowest BCUT2D eigenvalue weighted by Crippen LogP contribution is -1.90. The van der Waals surface area contributed by atoms with Gasteiger partial charge in [0.05, 0.1) is 5.69 Å². The fourth-order valence-corrected chi connectivity index (χ4v) is 1.39. The summed E-state index contributed by atoms with van der Waals surface area (Å²) in [5, 5.41) is 4.31. The molecule has 0 amide bonds. The second-order valence-electron chi connectivity index (χ2n) is 3.28. The summed E-state index contributed by atoms with van der Waals surface area (Å²) in [7, 11) is 1.91. The van der Waals surface area contributed by atoms with Crippen LogP contribution in [-0.2, 0) is 13.5 Å². The molecule has 0 saturated carbocycles. The Balaban J connectivity index is 2.41. The van der Waals surface area contributed by atoms with Gasteiger partial charge in [0.1, 0.15) is 5.69 Å². The number of rotatable bonds is 2. The largest absolute Gasteiger partial charge is 0.275 e. The molecule has 0 bridgehead atoms. The second kappa shape index (κ2) is 3.62. The summed E-state index contributed by atoms with van der Waals surface area (Å²) in [6.07, 6.45) is 4.79. The van der Waals surface area contributed by atoms with Gasteiger partial charge >= 0.3 is 0 Å². The lowest BCUT2D eigenvalue weighted by atomic mass is 10.1. The van der Waals surface area contributed by atoms with Crippen LogP contribution >= 0.6 is 0 Å². The summed E-state index contributed by atoms with van der Waals surface area (Å²) in [4.78, 5) is 4.30. The Morgan fingerprint density at radius 2 is 2.14 bits per heavy atom. The van der Waals surface area contributed by atoms with Gasteiger partial charge in [0, 0.05) is 19.4 Å². The first kappa shape index (κ1) is 8.94. The van der Waals surface area contributed by atoms with Crippen molar-refractivity contribution in [1.29, 1.82) is 0 Å². The molecule has 0 N–H and O–H groups in total. The molecule has 2 aromatic rings. The van der Waals surface area contributed by atoms with Crippen molar-refractivity contribution in [2.45, 2.75) is 13.3 Å². The van der Waals surface area contributed by atoms with E-state index >= 15 is 0 Å². The van der Waals surface area contributed by atoms with Gasteiger partial charge in [0.25, 0.3) is 0 Å². The van der Waals surface area contributed by atoms with Crippen LogP contribution < -0.4 is 0 Å². The summed E-state index contributed by atoms with van der Waals surface area (Å²) in [5.74, 6) is 0. The molecule has 0 fully saturated rings. The quantitative estimate of drug-likeness (QED) is 0.720. The van der Waals surface area contributed by atoms with Gasteiger partial charge in [-0.15, -0.1) is 0 Å². The van der Waals surface area contributed by atoms with Crippen molar-refractivity contribution in [1.82, 2.24) is 14.8 Å². The Morgan fingerprint density at radius 3 is 2.79 bits per heavy atom. The summed E-state index contributed by atoms with van der Waals surface area (Å²) in [5.41, 5.74) is 3.17. The molecule has 2 aromatic heterocycles. The van der Waals surface area contributed by atoms with Gasteiger partial charge in [-0.2, -0.15) is 5.10 Å². The zero-order valence-corrected chi connectivity index (χ0v) is 8.44. The Morgan fingerprint density at radius 1 is 1.29 bits per heavy atom. The van der Waals surface area contributed by atoms with Crippen LogP contribution in [0.1, 0.15) is 12.5 Å². The normalized spacial score (nSPS) is 10.4. The van der Waals surface area contributed by atoms with Crippen LogP contribution in [0.2, 0.25) is 0 Å². The van der Waals surface area contributed by atoms with Crippen molar-refractivity contribution in [3.05, 3.63) is 36.2 Å². The van der Waals surface area contributed by atoms with Gasteiger partial charge in [-0.05, 0) is 30.2 Å². The molecule has 0 spiro atoms. The SMILES string of the molecule is CCc1ccnc(-c2ccn(C)n2)c1. The highest BCUT2D eigenvalue weighted by Gasteiger charge is 2.02. The van der Waals surface area contributed by atoms with Crippen LogP contribution in [0.4, 0.5) is 0 Å². The van der Waals surface area contributed by atoms with E-state index in [0.29, 0.717) is 0 Å². The van der Waals surface area contributed by atoms with Crippen molar-refractivity contribution in [2.24, 2.45) is 7.05 Å². The summed E-state index contributed by atoms with van der Waals surface area (Å²) in [6.45, 7) is 2.14. The molecular weight excluding hydrogens is 174 g/mol. The van der Waals surface area contributed by atoms with E-state index in [9.17, 15) is 0 Å². The summed E-state index contributed by atoms with van der Waals surface area (Å²) >= 11 is 0. The van der Waals surface area contributed by atoms with E-state index in [1.54, 1.807) is 4.68 Å². The predicted octanol–water partition coefficient (Wildman–Crippen LogP) is 2.04. The first-order valence-electron chi connectivity index (χ1n) is 4.74. The van der Waals surface area contributed by atoms with Gasteiger partial charge in [0.2, 0.25) is 0 Å². The topological polar surface area (TPSA) is 30.7 Å². The average Bonchev–Trinajstić information content (AvgIpc) is 2.65. The fraction of sp³-hybridized carbons (Fsp3) is 0.273. The Hall–Kier alpha value is -1.64. The molecule has 0 radical (unpaired) electrons. The first-order chi connectivity index (χ1) is 6.79. The fourth-order valence-electron chi connectivity index (χ4n) is 1.39. The number of pyridine rings is 1. The number of nitrogens with zero attached hydrogens (tertiary/aromatic N) is 3. The molecule has 0 aliphatic heterocycles. The molecule has 2 heterocycles. The molecule has 0 aliphatic carbocycles. The van der Waals surface area contributed by atoms with Gasteiger partial charge < -0.3 is 0 Å². The van der Waals surface area contributed by atoms with Gasteiger partial charge in [0.15, 0.2) is 0 Å². The highest BCUT2D eigenvalue weighted by molar-refractivity contribution is 5.53. The van der Waals surface area contributed by atoms with E-state index in [1.165, 1.54) is 5.56 Å². The van der Waals surface area contributed by atoms with Crippen molar-refractivity contribution in [3.8, 4) is 11.4 Å². The maximum Gasteiger partial charge on any atom is 0.111 e.